The van der Waals surface area contributed by atoms with Gasteiger partial charge in [-0.2, -0.15) is 9.29 Å². The Morgan fingerprint density at radius 1 is 1.31 bits per heavy atom. The van der Waals surface area contributed by atoms with E-state index in [0.29, 0.717) is 29.1 Å². The van der Waals surface area contributed by atoms with E-state index in [0.717, 1.165) is 44.3 Å². The maximum absolute atomic E-state index is 13.4. The van der Waals surface area contributed by atoms with E-state index in [1.165, 1.54) is 5.56 Å². The van der Waals surface area contributed by atoms with Gasteiger partial charge in [-0.25, -0.2) is 8.42 Å². The van der Waals surface area contributed by atoms with Gasteiger partial charge in [-0.05, 0) is 68.3 Å². The van der Waals surface area contributed by atoms with Crippen molar-refractivity contribution in [3.8, 4) is 0 Å². The van der Waals surface area contributed by atoms with Gasteiger partial charge in [-0.1, -0.05) is 11.2 Å². The molecule has 138 valence electrons. The maximum atomic E-state index is 13.4. The molecule has 6 rings (SSSR count). The van der Waals surface area contributed by atoms with Crippen molar-refractivity contribution in [3.63, 3.8) is 0 Å². The van der Waals surface area contributed by atoms with Gasteiger partial charge < -0.3 is 9.84 Å². The number of hydrogen-bond acceptors (Lipinski definition) is 6. The zero-order chi connectivity index (χ0) is 17.9. The van der Waals surface area contributed by atoms with Gasteiger partial charge >= 0.3 is 0 Å². The molecule has 3 fully saturated rings. The van der Waals surface area contributed by atoms with Crippen LogP contribution in [0.5, 0.6) is 0 Å². The summed E-state index contributed by atoms with van der Waals surface area (Å²) in [5, 5.41) is 7.25. The van der Waals surface area contributed by atoms with Gasteiger partial charge in [0.15, 0.2) is 5.82 Å². The fourth-order valence-corrected chi connectivity index (χ4v) is 6.53. The summed E-state index contributed by atoms with van der Waals surface area (Å²) in [4.78, 5) is 4.73. The number of nitrogens with zero attached hydrogens (tertiary/aromatic N) is 3. The molecular weight excluding hydrogens is 352 g/mol. The Bertz CT molecular complexity index is 963. The molecule has 7 nitrogen and oxygen atoms in total. The summed E-state index contributed by atoms with van der Waals surface area (Å²) in [6.45, 7) is 4.05. The summed E-state index contributed by atoms with van der Waals surface area (Å²) in [5.41, 5.74) is 1.67. The first kappa shape index (κ1) is 16.4. The molecule has 1 aromatic carbocycles. The lowest BCUT2D eigenvalue weighted by molar-refractivity contribution is 0.117. The third-order valence-electron chi connectivity index (χ3n) is 5.96. The Labute approximate surface area is 152 Å². The zero-order valence-electron chi connectivity index (χ0n) is 14.7. The summed E-state index contributed by atoms with van der Waals surface area (Å²) < 4.78 is 33.9. The van der Waals surface area contributed by atoms with E-state index in [-0.39, 0.29) is 0 Å². The van der Waals surface area contributed by atoms with Crippen LogP contribution < -0.4 is 5.32 Å². The molecule has 4 aliphatic rings. The van der Waals surface area contributed by atoms with Crippen LogP contribution in [-0.2, 0) is 28.5 Å². The molecule has 1 saturated carbocycles. The largest absolute Gasteiger partial charge is 0.337 e. The predicted octanol–water partition coefficient (Wildman–Crippen LogP) is 1.72. The van der Waals surface area contributed by atoms with E-state index in [1.54, 1.807) is 17.3 Å². The highest BCUT2D eigenvalue weighted by atomic mass is 32.2. The molecule has 0 unspecified atom stereocenters. The molecule has 2 aromatic rings. The first-order chi connectivity index (χ1) is 12.5. The normalized spacial score (nSPS) is 28.4. The number of sulfonamides is 1. The molecule has 1 aromatic heterocycles. The third-order valence-corrected chi connectivity index (χ3v) is 7.89. The minimum atomic E-state index is -3.60. The lowest BCUT2D eigenvalue weighted by Crippen LogP contribution is -2.46. The number of rotatable bonds is 3. The lowest BCUT2D eigenvalue weighted by Gasteiger charge is -2.38. The van der Waals surface area contributed by atoms with Crippen LogP contribution >= 0.6 is 0 Å². The average Bonchev–Trinajstić information content (AvgIpc) is 3.23. The van der Waals surface area contributed by atoms with Crippen LogP contribution in [0.4, 0.5) is 0 Å². The Kier molecular flexibility index (Phi) is 3.54. The first-order valence-corrected chi connectivity index (χ1v) is 10.6. The average molecular weight is 374 g/mol. The minimum Gasteiger partial charge on any atom is -0.337 e. The van der Waals surface area contributed by atoms with E-state index in [1.807, 2.05) is 12.1 Å². The monoisotopic (exact) mass is 374 g/mol. The van der Waals surface area contributed by atoms with Gasteiger partial charge in [0.05, 0.1) is 4.90 Å². The summed E-state index contributed by atoms with van der Waals surface area (Å²) >= 11 is 0. The minimum absolute atomic E-state index is 0.376. The second kappa shape index (κ2) is 5.61. The summed E-state index contributed by atoms with van der Waals surface area (Å²) in [5.74, 6) is 1.35. The van der Waals surface area contributed by atoms with Gasteiger partial charge in [0, 0.05) is 13.1 Å². The maximum Gasteiger partial charge on any atom is 0.248 e. The molecule has 0 spiro atoms. The van der Waals surface area contributed by atoms with Gasteiger partial charge in [0.25, 0.3) is 0 Å². The topological polar surface area (TPSA) is 88.3 Å². The Morgan fingerprint density at radius 2 is 2.15 bits per heavy atom. The number of hydrogen-bond donors (Lipinski definition) is 1. The number of aryl methyl sites for hydroxylation is 2. The van der Waals surface area contributed by atoms with E-state index < -0.39 is 15.6 Å². The standard InChI is InChI=1S/C18H22N4O3S/c1-12-20-17(25-21-12)18-8-13(9-18)11-22(18)26(23,24)16-5-4-15-10-19-6-2-3-14(15)7-16/h4-5,7,13,19H,2-3,6,8-11H2,1H3. The molecule has 1 N–H and O–H groups in total. The Balaban J connectivity index is 1.54. The van der Waals surface area contributed by atoms with Crippen LogP contribution in [-0.4, -0.2) is 36.0 Å². The molecule has 0 radical (unpaired) electrons. The van der Waals surface area contributed by atoms with Crippen LogP contribution in [0.25, 0.3) is 0 Å². The highest BCUT2D eigenvalue weighted by Crippen LogP contribution is 2.58. The molecule has 1 aliphatic carbocycles. The highest BCUT2D eigenvalue weighted by Gasteiger charge is 2.64. The van der Waals surface area contributed by atoms with Crippen LogP contribution in [0.2, 0.25) is 0 Å². The molecule has 3 aliphatic heterocycles. The first-order valence-electron chi connectivity index (χ1n) is 9.15. The number of aromatic nitrogens is 2. The Hall–Kier alpha value is -1.77. The van der Waals surface area contributed by atoms with Crippen molar-refractivity contribution in [3.05, 3.63) is 41.0 Å². The van der Waals surface area contributed by atoms with Gasteiger partial charge in [0.2, 0.25) is 15.9 Å². The molecule has 4 heterocycles. The Morgan fingerprint density at radius 3 is 2.92 bits per heavy atom. The number of nitrogens with one attached hydrogen (secondary N) is 1. The summed E-state index contributed by atoms with van der Waals surface area (Å²) in [6, 6.07) is 5.55. The van der Waals surface area contributed by atoms with Gasteiger partial charge in [-0.15, -0.1) is 0 Å². The molecule has 8 heteroatoms. The van der Waals surface area contributed by atoms with Crippen molar-refractivity contribution in [1.82, 2.24) is 19.8 Å². The van der Waals surface area contributed by atoms with Crippen molar-refractivity contribution in [2.24, 2.45) is 5.92 Å². The number of benzene rings is 1. The van der Waals surface area contributed by atoms with Crippen molar-refractivity contribution in [2.75, 3.05) is 13.1 Å². The van der Waals surface area contributed by atoms with Crippen LogP contribution in [0.15, 0.2) is 27.6 Å². The predicted molar refractivity (Wildman–Crippen MR) is 93.8 cm³/mol. The summed E-state index contributed by atoms with van der Waals surface area (Å²) in [7, 11) is -3.60. The van der Waals surface area contributed by atoms with E-state index >= 15 is 0 Å². The molecule has 2 bridgehead atoms. The van der Waals surface area contributed by atoms with Gasteiger partial charge in [-0.3, -0.25) is 0 Å². The van der Waals surface area contributed by atoms with Crippen LogP contribution in [0.1, 0.15) is 42.1 Å². The smallest absolute Gasteiger partial charge is 0.248 e. The van der Waals surface area contributed by atoms with Crippen molar-refractivity contribution in [1.29, 1.82) is 0 Å². The van der Waals surface area contributed by atoms with Crippen molar-refractivity contribution in [2.45, 2.75) is 49.6 Å². The highest BCUT2D eigenvalue weighted by molar-refractivity contribution is 7.89. The van der Waals surface area contributed by atoms with E-state index in [9.17, 15) is 8.42 Å². The van der Waals surface area contributed by atoms with Gasteiger partial charge in [0.1, 0.15) is 5.54 Å². The van der Waals surface area contributed by atoms with Crippen LogP contribution in [0, 0.1) is 12.8 Å². The van der Waals surface area contributed by atoms with Crippen molar-refractivity contribution >= 4 is 10.0 Å². The second-order valence-electron chi connectivity index (χ2n) is 7.70. The molecule has 2 saturated heterocycles. The second-order valence-corrected chi connectivity index (χ2v) is 9.56. The fraction of sp³-hybridized carbons (Fsp3) is 0.556. The quantitative estimate of drug-likeness (QED) is 0.880. The number of fused-ring (bicyclic) bond motifs is 2. The molecular formula is C18H22N4O3S. The van der Waals surface area contributed by atoms with E-state index in [4.69, 9.17) is 4.52 Å². The zero-order valence-corrected chi connectivity index (χ0v) is 15.6. The summed E-state index contributed by atoms with van der Waals surface area (Å²) in [6.07, 6.45) is 3.46. The lowest BCUT2D eigenvalue weighted by atomic mass is 9.73. The van der Waals surface area contributed by atoms with E-state index in [2.05, 4.69) is 15.5 Å². The SMILES string of the molecule is Cc1noc(C23CC(CN2S(=O)(=O)c2ccc4c(c2)CCCNC4)C3)n1. The van der Waals surface area contributed by atoms with Crippen LogP contribution in [0.3, 0.4) is 0 Å². The molecule has 0 atom stereocenters. The molecule has 0 amide bonds. The fourth-order valence-electron chi connectivity index (χ4n) is 4.65. The third kappa shape index (κ3) is 2.28. The van der Waals surface area contributed by atoms with Crippen molar-refractivity contribution < 1.29 is 12.9 Å². The molecule has 26 heavy (non-hydrogen) atoms.